The van der Waals surface area contributed by atoms with Crippen LogP contribution in [0.5, 0.6) is 0 Å². The van der Waals surface area contributed by atoms with Crippen LogP contribution in [-0.2, 0) is 4.79 Å². The number of likely N-dealkylation sites (tertiary alicyclic amines) is 1. The lowest BCUT2D eigenvalue weighted by atomic mass is 9.60. The Hall–Kier alpha value is -1.34. The number of hydrogen-bond acceptors (Lipinski definition) is 3. The topological polar surface area (TPSA) is 70.1 Å². The molecule has 0 spiro atoms. The number of nitriles is 1. The van der Waals surface area contributed by atoms with Gasteiger partial charge in [0.05, 0.1) is 12.1 Å². The fraction of sp³-hybridized carbons (Fsp3) is 0.733. The molecule has 0 radical (unpaired) electrons. The van der Waals surface area contributed by atoms with Gasteiger partial charge in [0.25, 0.3) is 0 Å². The zero-order valence-corrected chi connectivity index (χ0v) is 11.4. The van der Waals surface area contributed by atoms with E-state index in [1.165, 1.54) is 0 Å². The molecule has 3 fully saturated rings. The van der Waals surface area contributed by atoms with Crippen molar-refractivity contribution in [2.24, 2.45) is 17.1 Å². The van der Waals surface area contributed by atoms with Crippen molar-refractivity contribution in [3.63, 3.8) is 0 Å². The SMILES string of the molecule is C=C(C)C1([C@H](N)C(=O)N2C(C#N)CC3CC32)CCC1. The number of nitrogens with two attached hydrogens (primary N) is 1. The molecule has 19 heavy (non-hydrogen) atoms. The Labute approximate surface area is 114 Å². The molecular formula is C15H21N3O. The minimum Gasteiger partial charge on any atom is -0.322 e. The lowest BCUT2D eigenvalue weighted by molar-refractivity contribution is -0.137. The molecule has 0 bridgehead atoms. The molecule has 1 aliphatic heterocycles. The predicted octanol–water partition coefficient (Wildman–Crippen LogP) is 1.57. The largest absolute Gasteiger partial charge is 0.322 e. The monoisotopic (exact) mass is 259 g/mol. The van der Waals surface area contributed by atoms with Gasteiger partial charge in [0.15, 0.2) is 0 Å². The van der Waals surface area contributed by atoms with E-state index in [0.29, 0.717) is 5.92 Å². The van der Waals surface area contributed by atoms with Crippen molar-refractivity contribution in [1.29, 1.82) is 5.26 Å². The van der Waals surface area contributed by atoms with Crippen molar-refractivity contribution in [3.8, 4) is 6.07 Å². The minimum absolute atomic E-state index is 0.0285. The van der Waals surface area contributed by atoms with E-state index in [4.69, 9.17) is 5.73 Å². The standard InChI is InChI=1S/C15H21N3O/c1-9(2)15(4-3-5-15)13(17)14(19)18-11(8-16)6-10-7-12(10)18/h10-13H,1,3-7,17H2,2H3/t10?,11?,12?,13-/m1/s1. The summed E-state index contributed by atoms with van der Waals surface area (Å²) >= 11 is 0. The van der Waals surface area contributed by atoms with Crippen LogP contribution in [0, 0.1) is 22.7 Å². The molecule has 4 heteroatoms. The number of hydrogen-bond donors (Lipinski definition) is 1. The molecule has 3 rings (SSSR count). The van der Waals surface area contributed by atoms with Crippen LogP contribution < -0.4 is 5.73 Å². The molecule has 0 aromatic carbocycles. The van der Waals surface area contributed by atoms with E-state index in [9.17, 15) is 10.1 Å². The molecular weight excluding hydrogens is 238 g/mol. The fourth-order valence-electron chi connectivity index (χ4n) is 3.85. The van der Waals surface area contributed by atoms with Gasteiger partial charge in [0.2, 0.25) is 5.91 Å². The lowest BCUT2D eigenvalue weighted by Gasteiger charge is -2.47. The Kier molecular flexibility index (Phi) is 2.72. The molecule has 2 saturated carbocycles. The highest BCUT2D eigenvalue weighted by Crippen LogP contribution is 2.52. The van der Waals surface area contributed by atoms with E-state index >= 15 is 0 Å². The highest BCUT2D eigenvalue weighted by Gasteiger charge is 2.57. The summed E-state index contributed by atoms with van der Waals surface area (Å²) in [5.74, 6) is 0.516. The molecule has 0 aromatic rings. The van der Waals surface area contributed by atoms with Gasteiger partial charge < -0.3 is 10.6 Å². The summed E-state index contributed by atoms with van der Waals surface area (Å²) in [6, 6.07) is 1.76. The summed E-state index contributed by atoms with van der Waals surface area (Å²) in [6.45, 7) is 6.00. The van der Waals surface area contributed by atoms with Gasteiger partial charge in [-0.05, 0) is 38.5 Å². The first-order valence-electron chi connectivity index (χ1n) is 7.14. The Bertz CT molecular complexity index is 474. The molecule has 1 saturated heterocycles. The number of amides is 1. The Balaban J connectivity index is 1.80. The van der Waals surface area contributed by atoms with E-state index in [0.717, 1.165) is 37.7 Å². The van der Waals surface area contributed by atoms with Crippen LogP contribution in [0.1, 0.15) is 39.0 Å². The van der Waals surface area contributed by atoms with Crippen LogP contribution in [0.25, 0.3) is 0 Å². The number of carbonyl (C=O) groups is 1. The van der Waals surface area contributed by atoms with Crippen LogP contribution in [-0.4, -0.2) is 28.9 Å². The maximum Gasteiger partial charge on any atom is 0.241 e. The van der Waals surface area contributed by atoms with Gasteiger partial charge in [0, 0.05) is 11.5 Å². The maximum atomic E-state index is 12.7. The maximum absolute atomic E-state index is 12.7. The Morgan fingerprint density at radius 1 is 1.53 bits per heavy atom. The van der Waals surface area contributed by atoms with Gasteiger partial charge in [-0.15, -0.1) is 0 Å². The molecule has 1 amide bonds. The second-order valence-electron chi connectivity index (χ2n) is 6.46. The summed E-state index contributed by atoms with van der Waals surface area (Å²) in [5.41, 5.74) is 7.07. The third-order valence-electron chi connectivity index (χ3n) is 5.46. The molecule has 3 unspecified atom stereocenters. The molecule has 1 heterocycles. The Morgan fingerprint density at radius 3 is 2.68 bits per heavy atom. The van der Waals surface area contributed by atoms with Crippen molar-refractivity contribution in [2.75, 3.05) is 0 Å². The zero-order valence-electron chi connectivity index (χ0n) is 11.4. The van der Waals surface area contributed by atoms with Gasteiger partial charge in [-0.3, -0.25) is 4.79 Å². The van der Waals surface area contributed by atoms with E-state index in [1.807, 2.05) is 6.92 Å². The molecule has 0 aromatic heterocycles. The number of nitrogens with zero attached hydrogens (tertiary/aromatic N) is 2. The molecule has 4 atom stereocenters. The molecule has 4 nitrogen and oxygen atoms in total. The van der Waals surface area contributed by atoms with Crippen LogP contribution in [0.15, 0.2) is 12.2 Å². The predicted molar refractivity (Wildman–Crippen MR) is 71.8 cm³/mol. The molecule has 102 valence electrons. The molecule has 2 N–H and O–H groups in total. The third-order valence-corrected chi connectivity index (χ3v) is 5.46. The average molecular weight is 259 g/mol. The summed E-state index contributed by atoms with van der Waals surface area (Å²) in [6.07, 6.45) is 4.90. The third kappa shape index (κ3) is 1.64. The fourth-order valence-corrected chi connectivity index (χ4v) is 3.85. The smallest absolute Gasteiger partial charge is 0.241 e. The highest BCUT2D eigenvalue weighted by molar-refractivity contribution is 5.85. The van der Waals surface area contributed by atoms with E-state index in [1.54, 1.807) is 4.90 Å². The van der Waals surface area contributed by atoms with Gasteiger partial charge in [0.1, 0.15) is 6.04 Å². The summed E-state index contributed by atoms with van der Waals surface area (Å²) < 4.78 is 0. The van der Waals surface area contributed by atoms with Crippen molar-refractivity contribution in [3.05, 3.63) is 12.2 Å². The van der Waals surface area contributed by atoms with Crippen LogP contribution in [0.2, 0.25) is 0 Å². The van der Waals surface area contributed by atoms with Crippen LogP contribution >= 0.6 is 0 Å². The Morgan fingerprint density at radius 2 is 2.21 bits per heavy atom. The minimum atomic E-state index is -0.519. The number of carbonyl (C=O) groups excluding carboxylic acids is 1. The quantitative estimate of drug-likeness (QED) is 0.782. The summed E-state index contributed by atoms with van der Waals surface area (Å²) in [5, 5.41) is 9.19. The van der Waals surface area contributed by atoms with Gasteiger partial charge in [-0.25, -0.2) is 0 Å². The number of rotatable bonds is 3. The first-order valence-corrected chi connectivity index (χ1v) is 7.14. The van der Waals surface area contributed by atoms with Crippen molar-refractivity contribution < 1.29 is 4.79 Å². The first kappa shape index (κ1) is 12.7. The average Bonchev–Trinajstić information content (AvgIpc) is 2.97. The second kappa shape index (κ2) is 4.08. The van der Waals surface area contributed by atoms with Crippen molar-refractivity contribution >= 4 is 5.91 Å². The summed E-state index contributed by atoms with van der Waals surface area (Å²) in [4.78, 5) is 14.5. The lowest BCUT2D eigenvalue weighted by Crippen LogP contribution is -2.58. The van der Waals surface area contributed by atoms with E-state index in [-0.39, 0.29) is 23.4 Å². The number of fused-ring (bicyclic) bond motifs is 1. The summed E-state index contributed by atoms with van der Waals surface area (Å²) in [7, 11) is 0. The first-order chi connectivity index (χ1) is 9.01. The van der Waals surface area contributed by atoms with E-state index in [2.05, 4.69) is 12.6 Å². The normalized spacial score (nSPS) is 35.8. The van der Waals surface area contributed by atoms with Gasteiger partial charge in [-0.2, -0.15) is 5.26 Å². The van der Waals surface area contributed by atoms with Crippen LogP contribution in [0.3, 0.4) is 0 Å². The number of piperidine rings is 1. The van der Waals surface area contributed by atoms with Crippen LogP contribution in [0.4, 0.5) is 0 Å². The van der Waals surface area contributed by atoms with E-state index < -0.39 is 6.04 Å². The van der Waals surface area contributed by atoms with Crippen molar-refractivity contribution in [1.82, 2.24) is 4.90 Å². The zero-order chi connectivity index (χ0) is 13.8. The molecule has 2 aliphatic carbocycles. The second-order valence-corrected chi connectivity index (χ2v) is 6.46. The van der Waals surface area contributed by atoms with Crippen molar-refractivity contribution in [2.45, 2.75) is 57.2 Å². The molecule has 3 aliphatic rings. The van der Waals surface area contributed by atoms with Gasteiger partial charge >= 0.3 is 0 Å². The van der Waals surface area contributed by atoms with Gasteiger partial charge in [-0.1, -0.05) is 18.6 Å². The highest BCUT2D eigenvalue weighted by atomic mass is 16.2.